The Balaban J connectivity index is 2.57. The van der Waals surface area contributed by atoms with Crippen molar-refractivity contribution in [3.8, 4) is 0 Å². The lowest BCUT2D eigenvalue weighted by Gasteiger charge is -2.21. The van der Waals surface area contributed by atoms with Gasteiger partial charge in [-0.05, 0) is 31.5 Å². The Morgan fingerprint density at radius 3 is 2.37 bits per heavy atom. The van der Waals surface area contributed by atoms with Crippen molar-refractivity contribution in [3.05, 3.63) is 47.2 Å². The fourth-order valence-electron chi connectivity index (χ4n) is 1.90. The summed E-state index contributed by atoms with van der Waals surface area (Å²) >= 11 is 5.15. The smallest absolute Gasteiger partial charge is 0.165 e. The molecule has 0 saturated heterocycles. The summed E-state index contributed by atoms with van der Waals surface area (Å²) in [6.45, 7) is 3.86. The molecule has 0 aliphatic carbocycles. The molecule has 4 nitrogen and oxygen atoms in total. The molecule has 98 valence electrons. The number of hydrogen-bond acceptors (Lipinski definition) is 4. The van der Waals surface area contributed by atoms with Gasteiger partial charge in [-0.3, -0.25) is 0 Å². The van der Waals surface area contributed by atoms with Crippen molar-refractivity contribution in [2.75, 3.05) is 11.9 Å². The molecule has 0 unspecified atom stereocenters. The number of anilines is 2. The molecule has 2 N–H and O–H groups in total. The maximum absolute atomic E-state index is 5.84. The number of aryl methyl sites for hydroxylation is 1. The van der Waals surface area contributed by atoms with E-state index in [0.717, 1.165) is 22.5 Å². The first-order valence-corrected chi connectivity index (χ1v) is 6.35. The molecule has 5 heteroatoms. The second-order valence-corrected chi connectivity index (χ2v) is 4.81. The first-order valence-electron chi connectivity index (χ1n) is 5.95. The van der Waals surface area contributed by atoms with E-state index in [-0.39, 0.29) is 0 Å². The molecule has 0 bridgehead atoms. The van der Waals surface area contributed by atoms with E-state index in [1.54, 1.807) is 0 Å². The third-order valence-corrected chi connectivity index (χ3v) is 3.35. The van der Waals surface area contributed by atoms with Crippen LogP contribution in [0.4, 0.5) is 11.5 Å². The van der Waals surface area contributed by atoms with Gasteiger partial charge < -0.3 is 10.6 Å². The summed E-state index contributed by atoms with van der Waals surface area (Å²) in [5, 5.41) is 8.41. The Labute approximate surface area is 118 Å². The zero-order valence-corrected chi connectivity index (χ0v) is 12.0. The number of para-hydroxylation sites is 1. The monoisotopic (exact) mass is 272 g/mol. The van der Waals surface area contributed by atoms with E-state index in [1.165, 1.54) is 0 Å². The van der Waals surface area contributed by atoms with Crippen molar-refractivity contribution in [1.82, 2.24) is 10.2 Å². The lowest BCUT2D eigenvalue weighted by Crippen LogP contribution is -2.22. The second kappa shape index (κ2) is 5.32. The molecule has 0 atom stereocenters. The molecule has 19 heavy (non-hydrogen) atoms. The number of rotatable bonds is 3. The Kier molecular flexibility index (Phi) is 3.76. The number of nitrogens with two attached hydrogens (primary N) is 1. The third kappa shape index (κ3) is 2.56. The lowest BCUT2D eigenvalue weighted by molar-refractivity contribution is 0.932. The first kappa shape index (κ1) is 13.4. The van der Waals surface area contributed by atoms with Gasteiger partial charge in [-0.1, -0.05) is 30.4 Å². The van der Waals surface area contributed by atoms with Crippen LogP contribution in [0.5, 0.6) is 0 Å². The highest BCUT2D eigenvalue weighted by molar-refractivity contribution is 7.80. The van der Waals surface area contributed by atoms with Gasteiger partial charge in [-0.15, -0.1) is 5.10 Å². The van der Waals surface area contributed by atoms with E-state index in [4.69, 9.17) is 18.0 Å². The van der Waals surface area contributed by atoms with Crippen molar-refractivity contribution in [1.29, 1.82) is 0 Å². The predicted octanol–water partition coefficient (Wildman–Crippen LogP) is 2.50. The molecule has 0 saturated carbocycles. The fourth-order valence-corrected chi connectivity index (χ4v) is 2.14. The van der Waals surface area contributed by atoms with Crippen LogP contribution in [-0.2, 0) is 0 Å². The Morgan fingerprint density at radius 1 is 1.16 bits per heavy atom. The highest BCUT2D eigenvalue weighted by Gasteiger charge is 2.17. The first-order chi connectivity index (χ1) is 9.02. The number of nitrogens with zero attached hydrogens (tertiary/aromatic N) is 3. The zero-order valence-electron chi connectivity index (χ0n) is 11.2. The Morgan fingerprint density at radius 2 is 1.79 bits per heavy atom. The number of aromatic nitrogens is 2. The summed E-state index contributed by atoms with van der Waals surface area (Å²) in [6, 6.07) is 9.92. The van der Waals surface area contributed by atoms with Gasteiger partial charge in [-0.2, -0.15) is 5.10 Å². The zero-order chi connectivity index (χ0) is 14.0. The van der Waals surface area contributed by atoms with Crippen LogP contribution in [0.15, 0.2) is 30.3 Å². The van der Waals surface area contributed by atoms with Crippen LogP contribution < -0.4 is 10.6 Å². The minimum Gasteiger partial charge on any atom is -0.389 e. The van der Waals surface area contributed by atoms with Crippen LogP contribution in [0.3, 0.4) is 0 Å². The number of benzene rings is 1. The van der Waals surface area contributed by atoms with Gasteiger partial charge >= 0.3 is 0 Å². The predicted molar refractivity (Wildman–Crippen MR) is 81.9 cm³/mol. The average molecular weight is 272 g/mol. The van der Waals surface area contributed by atoms with Crippen molar-refractivity contribution in [2.24, 2.45) is 5.73 Å². The van der Waals surface area contributed by atoms with E-state index < -0.39 is 0 Å². The summed E-state index contributed by atoms with van der Waals surface area (Å²) in [4.78, 5) is 2.28. The third-order valence-electron chi connectivity index (χ3n) is 3.14. The molecule has 2 rings (SSSR count). The maximum Gasteiger partial charge on any atom is 0.165 e. The summed E-state index contributed by atoms with van der Waals surface area (Å²) < 4.78 is 0. The van der Waals surface area contributed by atoms with Crippen LogP contribution in [-0.4, -0.2) is 22.2 Å². The van der Waals surface area contributed by atoms with Gasteiger partial charge in [-0.25, -0.2) is 0 Å². The van der Waals surface area contributed by atoms with Crippen LogP contribution >= 0.6 is 12.2 Å². The molecule has 0 radical (unpaired) electrons. The maximum atomic E-state index is 5.84. The topological polar surface area (TPSA) is 55.0 Å². The highest BCUT2D eigenvalue weighted by Crippen LogP contribution is 2.27. The van der Waals surface area contributed by atoms with Gasteiger partial charge in [0, 0.05) is 12.7 Å². The standard InChI is InChI=1S/C14H16N4S/c1-9-10(2)16-17-14(12(9)13(15)19)18(3)11-7-5-4-6-8-11/h4-8H,1-3H3,(H2,15,19). The minimum atomic E-state index is 0.341. The fraction of sp³-hybridized carbons (Fsp3) is 0.214. The van der Waals surface area contributed by atoms with E-state index >= 15 is 0 Å². The summed E-state index contributed by atoms with van der Waals surface area (Å²) in [6.07, 6.45) is 0. The van der Waals surface area contributed by atoms with Gasteiger partial charge in [0.25, 0.3) is 0 Å². The van der Waals surface area contributed by atoms with Crippen molar-refractivity contribution >= 4 is 28.7 Å². The normalized spacial score (nSPS) is 10.3. The SMILES string of the molecule is Cc1nnc(N(C)c2ccccc2)c(C(N)=S)c1C. The van der Waals surface area contributed by atoms with E-state index in [2.05, 4.69) is 10.2 Å². The highest BCUT2D eigenvalue weighted by atomic mass is 32.1. The molecule has 0 fully saturated rings. The van der Waals surface area contributed by atoms with Crippen LogP contribution in [0.2, 0.25) is 0 Å². The quantitative estimate of drug-likeness (QED) is 0.870. The van der Waals surface area contributed by atoms with Gasteiger partial charge in [0.2, 0.25) is 0 Å². The molecule has 1 aromatic carbocycles. The summed E-state index contributed by atoms with van der Waals surface area (Å²) in [7, 11) is 1.93. The molecule has 1 aromatic heterocycles. The lowest BCUT2D eigenvalue weighted by atomic mass is 10.1. The van der Waals surface area contributed by atoms with Gasteiger partial charge in [0.05, 0.1) is 11.3 Å². The molecule has 0 aliphatic rings. The second-order valence-electron chi connectivity index (χ2n) is 4.37. The molecular weight excluding hydrogens is 256 g/mol. The van der Waals surface area contributed by atoms with Gasteiger partial charge in [0.1, 0.15) is 4.99 Å². The van der Waals surface area contributed by atoms with E-state index in [0.29, 0.717) is 10.8 Å². The molecule has 2 aromatic rings. The average Bonchev–Trinajstić information content (AvgIpc) is 2.41. The van der Waals surface area contributed by atoms with Crippen LogP contribution in [0.25, 0.3) is 0 Å². The molecular formula is C14H16N4S. The molecule has 1 heterocycles. The largest absolute Gasteiger partial charge is 0.389 e. The molecule has 0 aliphatic heterocycles. The van der Waals surface area contributed by atoms with Crippen LogP contribution in [0, 0.1) is 13.8 Å². The summed E-state index contributed by atoms with van der Waals surface area (Å²) in [5.74, 6) is 0.682. The van der Waals surface area contributed by atoms with Crippen LogP contribution in [0.1, 0.15) is 16.8 Å². The van der Waals surface area contributed by atoms with Crippen molar-refractivity contribution in [3.63, 3.8) is 0 Å². The Bertz CT molecular complexity index is 610. The van der Waals surface area contributed by atoms with E-state index in [1.807, 2.05) is 56.1 Å². The number of thiocarbonyl (C=S) groups is 1. The molecule has 0 spiro atoms. The Hall–Kier alpha value is -2.01. The van der Waals surface area contributed by atoms with E-state index in [9.17, 15) is 0 Å². The summed E-state index contributed by atoms with van der Waals surface area (Å²) in [5.41, 5.74) is 9.45. The van der Waals surface area contributed by atoms with Gasteiger partial charge in [0.15, 0.2) is 5.82 Å². The molecule has 0 amide bonds. The number of hydrogen-bond donors (Lipinski definition) is 1. The van der Waals surface area contributed by atoms with Crippen molar-refractivity contribution in [2.45, 2.75) is 13.8 Å². The minimum absolute atomic E-state index is 0.341. The van der Waals surface area contributed by atoms with Crippen molar-refractivity contribution < 1.29 is 0 Å².